The number of fused-ring (bicyclic) bond motifs is 2. The third kappa shape index (κ3) is 1.47. The molecule has 0 saturated heterocycles. The van der Waals surface area contributed by atoms with E-state index in [9.17, 15) is 9.59 Å². The highest BCUT2D eigenvalue weighted by atomic mass is 16.1. The van der Waals surface area contributed by atoms with Gasteiger partial charge in [0.15, 0.2) is 0 Å². The van der Waals surface area contributed by atoms with Crippen molar-refractivity contribution in [3.05, 3.63) is 64.6 Å². The molecule has 3 aromatic rings. The molecule has 0 bridgehead atoms. The van der Waals surface area contributed by atoms with Crippen LogP contribution in [0.1, 0.15) is 10.4 Å². The molecule has 0 aliphatic heterocycles. The van der Waals surface area contributed by atoms with Crippen molar-refractivity contribution in [1.82, 2.24) is 4.40 Å². The predicted molar refractivity (Wildman–Crippen MR) is 69.7 cm³/mol. The van der Waals surface area contributed by atoms with Crippen LogP contribution in [0, 0.1) is 0 Å². The molecule has 88 valence electrons. The van der Waals surface area contributed by atoms with Gasteiger partial charge >= 0.3 is 0 Å². The Hall–Kier alpha value is -2.62. The number of aromatic nitrogens is 1. The summed E-state index contributed by atoms with van der Waals surface area (Å²) in [4.78, 5) is 23.5. The molecule has 1 amide bonds. The van der Waals surface area contributed by atoms with Crippen molar-refractivity contribution in [1.29, 1.82) is 0 Å². The Bertz CT molecular complexity index is 834. The lowest BCUT2D eigenvalue weighted by atomic mass is 10.1. The number of hydrogen-bond donors (Lipinski definition) is 1. The van der Waals surface area contributed by atoms with Gasteiger partial charge in [-0.2, -0.15) is 0 Å². The standard InChI is InChI=1S/C14H10N2O2/c15-14(18)10-4-3-9-5-7-16-6-1-2-12(16)13(17)11(9)8-10/h1-8H,(H2,15,18). The van der Waals surface area contributed by atoms with Crippen LogP contribution in [0.4, 0.5) is 0 Å². The van der Waals surface area contributed by atoms with Gasteiger partial charge < -0.3 is 10.1 Å². The first-order valence-electron chi connectivity index (χ1n) is 5.50. The first-order chi connectivity index (χ1) is 8.66. The molecule has 0 radical (unpaired) electrons. The number of primary amides is 1. The summed E-state index contributed by atoms with van der Waals surface area (Å²) in [5.41, 5.74) is 6.04. The Morgan fingerprint density at radius 3 is 2.72 bits per heavy atom. The van der Waals surface area contributed by atoms with E-state index in [2.05, 4.69) is 0 Å². The zero-order valence-electron chi connectivity index (χ0n) is 9.46. The molecule has 0 aliphatic carbocycles. The molecule has 0 saturated carbocycles. The molecule has 0 aliphatic rings. The monoisotopic (exact) mass is 238 g/mol. The number of carbonyl (C=O) groups excluding carboxylic acids is 1. The van der Waals surface area contributed by atoms with Gasteiger partial charge in [0.2, 0.25) is 11.3 Å². The highest BCUT2D eigenvalue weighted by Crippen LogP contribution is 2.13. The Kier molecular flexibility index (Phi) is 2.16. The lowest BCUT2D eigenvalue weighted by Crippen LogP contribution is -2.11. The van der Waals surface area contributed by atoms with Gasteiger partial charge in [0, 0.05) is 23.3 Å². The van der Waals surface area contributed by atoms with Crippen LogP contribution in [0.2, 0.25) is 0 Å². The van der Waals surface area contributed by atoms with Gasteiger partial charge in [0.1, 0.15) is 0 Å². The quantitative estimate of drug-likeness (QED) is 0.699. The fourth-order valence-electron chi connectivity index (χ4n) is 2.07. The van der Waals surface area contributed by atoms with Crippen LogP contribution in [-0.4, -0.2) is 10.3 Å². The lowest BCUT2D eigenvalue weighted by molar-refractivity contribution is 0.100. The van der Waals surface area contributed by atoms with Gasteiger partial charge in [-0.1, -0.05) is 6.07 Å². The molecule has 2 N–H and O–H groups in total. The molecule has 4 heteroatoms. The SMILES string of the molecule is NC(=O)c1ccc2ccn3cccc3c(=O)c2c1. The number of amides is 1. The second-order valence-electron chi connectivity index (χ2n) is 4.11. The fourth-order valence-corrected chi connectivity index (χ4v) is 2.07. The summed E-state index contributed by atoms with van der Waals surface area (Å²) < 4.78 is 1.76. The number of nitrogens with zero attached hydrogens (tertiary/aromatic N) is 1. The molecule has 4 nitrogen and oxygen atoms in total. The zero-order chi connectivity index (χ0) is 12.7. The number of nitrogens with two attached hydrogens (primary N) is 1. The Labute approximate surface area is 102 Å². The van der Waals surface area contributed by atoms with E-state index in [0.717, 1.165) is 5.39 Å². The molecule has 2 heterocycles. The summed E-state index contributed by atoms with van der Waals surface area (Å²) in [6.45, 7) is 0. The molecule has 0 fully saturated rings. The van der Waals surface area contributed by atoms with Crippen molar-refractivity contribution in [2.75, 3.05) is 0 Å². The van der Waals surface area contributed by atoms with Gasteiger partial charge in [-0.05, 0) is 35.7 Å². The summed E-state index contributed by atoms with van der Waals surface area (Å²) in [5.74, 6) is -0.533. The highest BCUT2D eigenvalue weighted by molar-refractivity contribution is 5.97. The van der Waals surface area contributed by atoms with Crippen LogP contribution in [0.5, 0.6) is 0 Å². The largest absolute Gasteiger partial charge is 0.366 e. The first-order valence-corrected chi connectivity index (χ1v) is 5.50. The lowest BCUT2D eigenvalue weighted by Gasteiger charge is -1.96. The van der Waals surface area contributed by atoms with E-state index in [-0.39, 0.29) is 5.43 Å². The van der Waals surface area contributed by atoms with Gasteiger partial charge in [-0.25, -0.2) is 0 Å². The molecule has 3 rings (SSSR count). The average molecular weight is 238 g/mol. The van der Waals surface area contributed by atoms with Gasteiger partial charge in [-0.15, -0.1) is 0 Å². The molecule has 1 aromatic carbocycles. The Morgan fingerprint density at radius 2 is 1.94 bits per heavy atom. The number of rotatable bonds is 1. The summed E-state index contributed by atoms with van der Waals surface area (Å²) in [5, 5.41) is 1.29. The summed E-state index contributed by atoms with van der Waals surface area (Å²) in [7, 11) is 0. The Morgan fingerprint density at radius 1 is 1.11 bits per heavy atom. The molecular weight excluding hydrogens is 228 g/mol. The molecule has 2 aromatic heterocycles. The van der Waals surface area contributed by atoms with Crippen molar-refractivity contribution in [3.63, 3.8) is 0 Å². The number of benzene rings is 1. The van der Waals surface area contributed by atoms with Gasteiger partial charge in [-0.3, -0.25) is 9.59 Å². The van der Waals surface area contributed by atoms with Crippen LogP contribution >= 0.6 is 0 Å². The van der Waals surface area contributed by atoms with Crippen molar-refractivity contribution in [2.45, 2.75) is 0 Å². The van der Waals surface area contributed by atoms with E-state index in [1.165, 1.54) is 0 Å². The van der Waals surface area contributed by atoms with E-state index in [1.54, 1.807) is 34.7 Å². The maximum absolute atomic E-state index is 12.4. The predicted octanol–water partition coefficient (Wildman–Crippen LogP) is 1.55. The van der Waals surface area contributed by atoms with Gasteiger partial charge in [0.25, 0.3) is 0 Å². The van der Waals surface area contributed by atoms with E-state index in [4.69, 9.17) is 5.73 Å². The minimum Gasteiger partial charge on any atom is -0.366 e. The maximum Gasteiger partial charge on any atom is 0.248 e. The van der Waals surface area contributed by atoms with Crippen molar-refractivity contribution < 1.29 is 4.79 Å². The molecular formula is C14H10N2O2. The van der Waals surface area contributed by atoms with Crippen molar-refractivity contribution in [2.24, 2.45) is 5.73 Å². The number of carbonyl (C=O) groups is 1. The maximum atomic E-state index is 12.4. The van der Waals surface area contributed by atoms with E-state index >= 15 is 0 Å². The van der Waals surface area contributed by atoms with Crippen LogP contribution in [0.25, 0.3) is 16.3 Å². The molecule has 18 heavy (non-hydrogen) atoms. The van der Waals surface area contributed by atoms with Crippen LogP contribution < -0.4 is 11.2 Å². The Balaban J connectivity index is 2.54. The molecule has 0 atom stereocenters. The third-order valence-electron chi connectivity index (χ3n) is 3.01. The van der Waals surface area contributed by atoms with E-state index < -0.39 is 5.91 Å². The van der Waals surface area contributed by atoms with Gasteiger partial charge in [0.05, 0.1) is 5.52 Å². The van der Waals surface area contributed by atoms with Crippen molar-refractivity contribution >= 4 is 22.2 Å². The smallest absolute Gasteiger partial charge is 0.248 e. The van der Waals surface area contributed by atoms with Crippen molar-refractivity contribution in [3.8, 4) is 0 Å². The zero-order valence-corrected chi connectivity index (χ0v) is 9.46. The topological polar surface area (TPSA) is 64.6 Å². The second-order valence-corrected chi connectivity index (χ2v) is 4.11. The van der Waals surface area contributed by atoms with E-state index in [0.29, 0.717) is 16.5 Å². The normalized spacial score (nSPS) is 10.9. The number of hydrogen-bond acceptors (Lipinski definition) is 2. The average Bonchev–Trinajstić information content (AvgIpc) is 2.79. The summed E-state index contributed by atoms with van der Waals surface area (Å²) in [6.07, 6.45) is 3.63. The first kappa shape index (κ1) is 10.5. The summed E-state index contributed by atoms with van der Waals surface area (Å²) in [6, 6.07) is 10.3. The molecule has 0 unspecified atom stereocenters. The third-order valence-corrected chi connectivity index (χ3v) is 3.01. The molecule has 0 spiro atoms. The highest BCUT2D eigenvalue weighted by Gasteiger charge is 2.05. The summed E-state index contributed by atoms with van der Waals surface area (Å²) >= 11 is 0. The minimum absolute atomic E-state index is 0.108. The van der Waals surface area contributed by atoms with E-state index in [1.807, 2.05) is 18.5 Å². The fraction of sp³-hybridized carbons (Fsp3) is 0. The van der Waals surface area contributed by atoms with Crippen LogP contribution in [0.15, 0.2) is 53.6 Å². The minimum atomic E-state index is -0.533. The van der Waals surface area contributed by atoms with Crippen LogP contribution in [0.3, 0.4) is 0 Å². The second kappa shape index (κ2) is 3.70. The van der Waals surface area contributed by atoms with Crippen LogP contribution in [-0.2, 0) is 0 Å².